The number of hydrogen-bond donors (Lipinski definition) is 3. The van der Waals surface area contributed by atoms with Gasteiger partial charge in [-0.15, -0.1) is 0 Å². The fourth-order valence-corrected chi connectivity index (χ4v) is 2.86. The fraction of sp³-hybridized carbons (Fsp3) is 0.278. The summed E-state index contributed by atoms with van der Waals surface area (Å²) in [6, 6.07) is 4.73. The molecule has 0 fully saturated rings. The summed E-state index contributed by atoms with van der Waals surface area (Å²) in [7, 11) is 1.30. The zero-order valence-corrected chi connectivity index (χ0v) is 14.3. The molecule has 25 heavy (non-hydrogen) atoms. The molecule has 1 amide bonds. The van der Waals surface area contributed by atoms with Crippen LogP contribution in [0.5, 0.6) is 0 Å². The third kappa shape index (κ3) is 3.26. The number of aryl methyl sites for hydroxylation is 2. The summed E-state index contributed by atoms with van der Waals surface area (Å²) in [6.45, 7) is 3.97. The zero-order valence-electron chi connectivity index (χ0n) is 14.3. The van der Waals surface area contributed by atoms with Gasteiger partial charge < -0.3 is 20.0 Å². The first kappa shape index (κ1) is 16.8. The highest BCUT2D eigenvalue weighted by Crippen LogP contribution is 2.24. The number of nitrogens with one attached hydrogen (secondary N) is 3. The van der Waals surface area contributed by atoms with Crippen molar-refractivity contribution in [3.8, 4) is 0 Å². The van der Waals surface area contributed by atoms with Gasteiger partial charge in [0.15, 0.2) is 0 Å². The molecular formula is C18H20N4O3. The molecule has 3 N–H and O–H groups in total. The lowest BCUT2D eigenvalue weighted by molar-refractivity contribution is -0.142. The number of aromatic nitrogens is 3. The molecule has 0 aliphatic heterocycles. The molecular weight excluding hydrogens is 320 g/mol. The number of rotatable bonds is 5. The first-order valence-corrected chi connectivity index (χ1v) is 7.95. The van der Waals surface area contributed by atoms with Crippen LogP contribution in [0.1, 0.15) is 27.3 Å². The minimum Gasteiger partial charge on any atom is -0.467 e. The molecule has 1 unspecified atom stereocenters. The van der Waals surface area contributed by atoms with Gasteiger partial charge in [-0.3, -0.25) is 4.79 Å². The second kappa shape index (κ2) is 6.80. The summed E-state index contributed by atoms with van der Waals surface area (Å²) >= 11 is 0. The average Bonchev–Trinajstić information content (AvgIpc) is 3.22. The quantitative estimate of drug-likeness (QED) is 0.619. The van der Waals surface area contributed by atoms with E-state index in [2.05, 4.69) is 20.3 Å². The van der Waals surface area contributed by atoms with Crippen molar-refractivity contribution >= 4 is 22.8 Å². The van der Waals surface area contributed by atoms with Crippen LogP contribution in [0.3, 0.4) is 0 Å². The number of carbonyl (C=O) groups excluding carboxylic acids is 2. The van der Waals surface area contributed by atoms with Crippen LogP contribution in [0.2, 0.25) is 0 Å². The Balaban J connectivity index is 1.89. The summed E-state index contributed by atoms with van der Waals surface area (Å²) in [5, 5.41) is 3.76. The number of nitrogens with zero attached hydrogens (tertiary/aromatic N) is 1. The van der Waals surface area contributed by atoms with Gasteiger partial charge in [0.05, 0.1) is 24.5 Å². The molecule has 130 valence electrons. The second-order valence-corrected chi connectivity index (χ2v) is 5.93. The standard InChI is InChI=1S/C18H20N4O3/c1-10-11(2)21-16-13(10)5-4-6-14(16)17(23)22-15(18(24)25-3)7-12-8-19-9-20-12/h4-6,8-9,15,21H,7H2,1-3H3,(H,19,20)(H,22,23). The lowest BCUT2D eigenvalue weighted by Gasteiger charge is -2.16. The smallest absolute Gasteiger partial charge is 0.328 e. The van der Waals surface area contributed by atoms with E-state index in [9.17, 15) is 9.59 Å². The molecule has 7 nitrogen and oxygen atoms in total. The van der Waals surface area contributed by atoms with Gasteiger partial charge in [0, 0.05) is 29.4 Å². The number of methoxy groups -OCH3 is 1. The molecule has 3 aromatic rings. The van der Waals surface area contributed by atoms with E-state index in [1.165, 1.54) is 13.4 Å². The molecule has 0 radical (unpaired) electrons. The number of aromatic amines is 2. The number of carbonyl (C=O) groups is 2. The average molecular weight is 340 g/mol. The topological polar surface area (TPSA) is 99.9 Å². The van der Waals surface area contributed by atoms with Crippen LogP contribution in [0.15, 0.2) is 30.7 Å². The third-order valence-electron chi connectivity index (χ3n) is 4.36. The molecule has 0 spiro atoms. The molecule has 0 saturated heterocycles. The van der Waals surface area contributed by atoms with Crippen LogP contribution < -0.4 is 5.32 Å². The van der Waals surface area contributed by atoms with Crippen molar-refractivity contribution in [1.82, 2.24) is 20.3 Å². The number of esters is 1. The zero-order chi connectivity index (χ0) is 18.0. The van der Waals surface area contributed by atoms with E-state index < -0.39 is 12.0 Å². The monoisotopic (exact) mass is 340 g/mol. The summed E-state index contributed by atoms with van der Waals surface area (Å²) in [6.07, 6.45) is 3.41. The van der Waals surface area contributed by atoms with Crippen molar-refractivity contribution in [2.45, 2.75) is 26.3 Å². The number of ether oxygens (including phenoxy) is 1. The van der Waals surface area contributed by atoms with Crippen LogP contribution >= 0.6 is 0 Å². The van der Waals surface area contributed by atoms with Gasteiger partial charge in [0.25, 0.3) is 5.91 Å². The summed E-state index contributed by atoms with van der Waals surface area (Å²) in [5.74, 6) is -0.837. The van der Waals surface area contributed by atoms with Crippen molar-refractivity contribution in [3.05, 3.63) is 53.2 Å². The maximum absolute atomic E-state index is 12.8. The summed E-state index contributed by atoms with van der Waals surface area (Å²) < 4.78 is 4.81. The normalized spacial score (nSPS) is 12.1. The molecule has 0 aliphatic carbocycles. The highest BCUT2D eigenvalue weighted by Gasteiger charge is 2.24. The Morgan fingerprint density at radius 2 is 2.12 bits per heavy atom. The maximum atomic E-state index is 12.8. The lowest BCUT2D eigenvalue weighted by atomic mass is 10.1. The van der Waals surface area contributed by atoms with E-state index >= 15 is 0 Å². The molecule has 0 aliphatic rings. The molecule has 3 rings (SSSR count). The number of imidazole rings is 1. The van der Waals surface area contributed by atoms with Crippen LogP contribution in [-0.2, 0) is 16.0 Å². The highest BCUT2D eigenvalue weighted by molar-refractivity contribution is 6.07. The summed E-state index contributed by atoms with van der Waals surface area (Å²) in [5.41, 5.74) is 4.11. The van der Waals surface area contributed by atoms with E-state index in [0.29, 0.717) is 5.56 Å². The van der Waals surface area contributed by atoms with Crippen molar-refractivity contribution in [3.63, 3.8) is 0 Å². The fourth-order valence-electron chi connectivity index (χ4n) is 2.86. The number of hydrogen-bond acceptors (Lipinski definition) is 4. The second-order valence-electron chi connectivity index (χ2n) is 5.93. The molecule has 7 heteroatoms. The van der Waals surface area contributed by atoms with Crippen LogP contribution in [0, 0.1) is 13.8 Å². The Morgan fingerprint density at radius 1 is 1.32 bits per heavy atom. The Kier molecular flexibility index (Phi) is 4.56. The number of amides is 1. The molecule has 1 atom stereocenters. The summed E-state index contributed by atoms with van der Waals surface area (Å²) in [4.78, 5) is 34.9. The van der Waals surface area contributed by atoms with Crippen LogP contribution in [-0.4, -0.2) is 40.0 Å². The van der Waals surface area contributed by atoms with Crippen molar-refractivity contribution in [1.29, 1.82) is 0 Å². The van der Waals surface area contributed by atoms with E-state index in [1.54, 1.807) is 12.3 Å². The first-order valence-electron chi connectivity index (χ1n) is 7.95. The molecule has 1 aromatic carbocycles. The lowest BCUT2D eigenvalue weighted by Crippen LogP contribution is -2.43. The number of H-pyrrole nitrogens is 2. The first-order chi connectivity index (χ1) is 12.0. The Bertz CT molecular complexity index is 912. The number of para-hydroxylation sites is 1. The molecule has 2 aromatic heterocycles. The van der Waals surface area contributed by atoms with E-state index in [4.69, 9.17) is 4.74 Å². The SMILES string of the molecule is COC(=O)C(Cc1cnc[nH]1)NC(=O)c1cccc2c(C)c(C)[nH]c12. The van der Waals surface area contributed by atoms with E-state index in [1.807, 2.05) is 26.0 Å². The van der Waals surface area contributed by atoms with Gasteiger partial charge in [-0.1, -0.05) is 12.1 Å². The van der Waals surface area contributed by atoms with Gasteiger partial charge in [0.2, 0.25) is 0 Å². The Morgan fingerprint density at radius 3 is 2.80 bits per heavy atom. The predicted molar refractivity (Wildman–Crippen MR) is 93.3 cm³/mol. The van der Waals surface area contributed by atoms with Gasteiger partial charge >= 0.3 is 5.97 Å². The van der Waals surface area contributed by atoms with E-state index in [-0.39, 0.29) is 12.3 Å². The molecule has 0 bridgehead atoms. The Labute approximate surface area is 144 Å². The van der Waals surface area contributed by atoms with Crippen LogP contribution in [0.4, 0.5) is 0 Å². The Hall–Kier alpha value is -3.09. The highest BCUT2D eigenvalue weighted by atomic mass is 16.5. The van der Waals surface area contributed by atoms with Crippen molar-refractivity contribution in [2.75, 3.05) is 7.11 Å². The molecule has 2 heterocycles. The minimum absolute atomic E-state index is 0.275. The van der Waals surface area contributed by atoms with Crippen LogP contribution in [0.25, 0.3) is 10.9 Å². The van der Waals surface area contributed by atoms with Gasteiger partial charge in [0.1, 0.15) is 6.04 Å². The van der Waals surface area contributed by atoms with Gasteiger partial charge in [-0.2, -0.15) is 0 Å². The van der Waals surface area contributed by atoms with Crippen molar-refractivity contribution in [2.24, 2.45) is 0 Å². The van der Waals surface area contributed by atoms with Gasteiger partial charge in [-0.25, -0.2) is 9.78 Å². The number of benzene rings is 1. The largest absolute Gasteiger partial charge is 0.467 e. The number of fused-ring (bicyclic) bond motifs is 1. The molecule has 0 saturated carbocycles. The minimum atomic E-state index is -0.801. The maximum Gasteiger partial charge on any atom is 0.328 e. The van der Waals surface area contributed by atoms with Gasteiger partial charge in [-0.05, 0) is 25.5 Å². The third-order valence-corrected chi connectivity index (χ3v) is 4.36. The predicted octanol–water partition coefficient (Wildman–Crippen LogP) is 2.02. The van der Waals surface area contributed by atoms with E-state index in [0.717, 1.165) is 27.9 Å². The van der Waals surface area contributed by atoms with Crippen molar-refractivity contribution < 1.29 is 14.3 Å².